The van der Waals surface area contributed by atoms with E-state index >= 15 is 0 Å². The maximum atomic E-state index is 13.0. The van der Waals surface area contributed by atoms with Crippen molar-refractivity contribution in [1.29, 1.82) is 0 Å². The summed E-state index contributed by atoms with van der Waals surface area (Å²) in [7, 11) is 0. The molecule has 0 aliphatic carbocycles. The largest absolute Gasteiger partial charge is 0.399 e. The Labute approximate surface area is 219 Å². The second-order valence-corrected chi connectivity index (χ2v) is 9.42. The van der Waals surface area contributed by atoms with Crippen LogP contribution in [0.4, 0.5) is 22.7 Å². The summed E-state index contributed by atoms with van der Waals surface area (Å²) >= 11 is 0. The molecule has 2 saturated heterocycles. The number of nitrogens with one attached hydrogen (secondary N) is 2. The molecule has 0 saturated carbocycles. The highest BCUT2D eigenvalue weighted by Gasteiger charge is 2.41. The molecule has 3 aromatic carbocycles. The number of anilines is 4. The minimum atomic E-state index is -0.655. The fourth-order valence-corrected chi connectivity index (χ4v) is 4.76. The van der Waals surface area contributed by atoms with Gasteiger partial charge in [-0.25, -0.2) is 9.80 Å². The van der Waals surface area contributed by atoms with Gasteiger partial charge in [0.15, 0.2) is 0 Å². The first-order valence-electron chi connectivity index (χ1n) is 12.3. The Morgan fingerprint density at radius 2 is 1.03 bits per heavy atom. The number of nitrogens with zero attached hydrogens (tertiary/aromatic N) is 2. The van der Waals surface area contributed by atoms with Crippen LogP contribution in [0.5, 0.6) is 0 Å². The van der Waals surface area contributed by atoms with Gasteiger partial charge in [-0.15, -0.1) is 0 Å². The Morgan fingerprint density at radius 1 is 0.632 bits per heavy atom. The third kappa shape index (κ3) is 5.13. The van der Waals surface area contributed by atoms with Gasteiger partial charge in [0.2, 0.25) is 11.8 Å². The quantitative estimate of drug-likeness (QED) is 0.263. The number of rotatable bonds is 8. The van der Waals surface area contributed by atoms with Gasteiger partial charge >= 0.3 is 0 Å². The molecule has 2 aliphatic rings. The summed E-state index contributed by atoms with van der Waals surface area (Å²) in [6, 6.07) is 19.6. The topological polar surface area (TPSA) is 151 Å². The molecule has 2 unspecified atom stereocenters. The zero-order valence-electron chi connectivity index (χ0n) is 20.6. The van der Waals surface area contributed by atoms with Gasteiger partial charge in [0, 0.05) is 24.5 Å². The molecule has 194 valence electrons. The van der Waals surface area contributed by atoms with E-state index in [-0.39, 0.29) is 36.5 Å². The van der Waals surface area contributed by atoms with Gasteiger partial charge in [0.1, 0.15) is 0 Å². The summed E-state index contributed by atoms with van der Waals surface area (Å²) in [5.74, 6) is -1.37. The van der Waals surface area contributed by atoms with Crippen molar-refractivity contribution in [2.24, 2.45) is 0 Å². The van der Waals surface area contributed by atoms with Crippen LogP contribution in [0.2, 0.25) is 0 Å². The number of carbonyl (C=O) groups excluding carboxylic acids is 4. The summed E-state index contributed by atoms with van der Waals surface area (Å²) < 4.78 is 0. The van der Waals surface area contributed by atoms with Crippen LogP contribution in [-0.4, -0.2) is 35.7 Å². The predicted molar refractivity (Wildman–Crippen MR) is 144 cm³/mol. The number of imide groups is 2. The van der Waals surface area contributed by atoms with Gasteiger partial charge in [-0.2, -0.15) is 0 Å². The van der Waals surface area contributed by atoms with Crippen LogP contribution in [0.25, 0.3) is 0 Å². The predicted octanol–water partition coefficient (Wildman–Crippen LogP) is 1.69. The van der Waals surface area contributed by atoms with Gasteiger partial charge in [0.25, 0.3) is 11.8 Å². The molecule has 2 atom stereocenters. The number of carbonyl (C=O) groups is 4. The lowest BCUT2D eigenvalue weighted by Gasteiger charge is -2.19. The average molecular weight is 513 g/mol. The molecule has 0 radical (unpaired) electrons. The van der Waals surface area contributed by atoms with Crippen molar-refractivity contribution in [1.82, 2.24) is 10.6 Å². The molecule has 2 fully saturated rings. The molecule has 2 heterocycles. The van der Waals surface area contributed by atoms with Crippen molar-refractivity contribution in [2.45, 2.75) is 38.0 Å². The molecule has 2 aliphatic heterocycles. The molecule has 10 heteroatoms. The number of benzene rings is 3. The van der Waals surface area contributed by atoms with E-state index in [2.05, 4.69) is 10.6 Å². The smallest absolute Gasteiger partial charge is 0.251 e. The zero-order chi connectivity index (χ0) is 26.8. The van der Waals surface area contributed by atoms with E-state index in [0.717, 1.165) is 20.9 Å². The van der Waals surface area contributed by atoms with Gasteiger partial charge in [-0.1, -0.05) is 24.3 Å². The number of nitrogen functional groups attached to an aromatic ring is 2. The van der Waals surface area contributed by atoms with Gasteiger partial charge < -0.3 is 22.1 Å². The lowest BCUT2D eigenvalue weighted by atomic mass is 10.1. The highest BCUT2D eigenvalue weighted by atomic mass is 16.2. The first-order chi connectivity index (χ1) is 18.3. The zero-order valence-corrected chi connectivity index (χ0v) is 20.6. The second-order valence-electron chi connectivity index (χ2n) is 9.42. The summed E-state index contributed by atoms with van der Waals surface area (Å²) in [4.78, 5) is 53.6. The van der Waals surface area contributed by atoms with E-state index < -0.39 is 12.1 Å². The van der Waals surface area contributed by atoms with Crippen LogP contribution in [0, 0.1) is 0 Å². The highest BCUT2D eigenvalue weighted by molar-refractivity contribution is 6.24. The number of hydrogen-bond acceptors (Lipinski definition) is 8. The molecule has 6 N–H and O–H groups in total. The minimum Gasteiger partial charge on any atom is -0.399 e. The average Bonchev–Trinajstić information content (AvgIpc) is 3.34. The van der Waals surface area contributed by atoms with E-state index in [1.807, 2.05) is 36.4 Å². The van der Waals surface area contributed by atoms with Crippen molar-refractivity contribution in [3.8, 4) is 0 Å². The maximum absolute atomic E-state index is 13.0. The summed E-state index contributed by atoms with van der Waals surface area (Å²) in [6.45, 7) is 0.793. The SMILES string of the molecule is Nc1cccc(CNC2CC(=O)N(c3ccc(N4C(=O)CC(NCc5cccc(N)c5)C4=O)cc3)C2=O)c1. The Morgan fingerprint density at radius 3 is 1.39 bits per heavy atom. The van der Waals surface area contributed by atoms with Gasteiger partial charge in [-0.05, 0) is 59.7 Å². The van der Waals surface area contributed by atoms with Crippen LogP contribution >= 0.6 is 0 Å². The summed E-state index contributed by atoms with van der Waals surface area (Å²) in [5, 5.41) is 6.25. The van der Waals surface area contributed by atoms with E-state index in [0.29, 0.717) is 35.8 Å². The van der Waals surface area contributed by atoms with Crippen LogP contribution in [-0.2, 0) is 32.3 Å². The van der Waals surface area contributed by atoms with E-state index in [1.165, 1.54) is 0 Å². The molecule has 3 aromatic rings. The maximum Gasteiger partial charge on any atom is 0.251 e. The first-order valence-corrected chi connectivity index (χ1v) is 12.3. The van der Waals surface area contributed by atoms with Gasteiger partial charge in [0.05, 0.1) is 36.3 Å². The lowest BCUT2D eigenvalue weighted by molar-refractivity contribution is -0.123. The summed E-state index contributed by atoms with van der Waals surface area (Å²) in [6.07, 6.45) is 0.0683. The van der Waals surface area contributed by atoms with E-state index in [4.69, 9.17) is 11.5 Å². The molecule has 0 aromatic heterocycles. The number of nitrogens with two attached hydrogens (primary N) is 2. The van der Waals surface area contributed by atoms with Crippen molar-refractivity contribution in [3.05, 3.63) is 83.9 Å². The molecule has 4 amide bonds. The highest BCUT2D eigenvalue weighted by Crippen LogP contribution is 2.29. The van der Waals surface area contributed by atoms with E-state index in [1.54, 1.807) is 36.4 Å². The Kier molecular flexibility index (Phi) is 6.91. The van der Waals surface area contributed by atoms with Gasteiger partial charge in [-0.3, -0.25) is 19.2 Å². The van der Waals surface area contributed by atoms with Crippen LogP contribution < -0.4 is 31.9 Å². The molecular weight excluding hydrogens is 484 g/mol. The van der Waals surface area contributed by atoms with Crippen molar-refractivity contribution >= 4 is 46.4 Å². The fraction of sp³-hybridized carbons (Fsp3) is 0.214. The van der Waals surface area contributed by atoms with Crippen molar-refractivity contribution in [3.63, 3.8) is 0 Å². The molecule has 0 bridgehead atoms. The standard InChI is InChI=1S/C28H28N6O4/c29-19-5-1-3-17(11-19)15-31-23-13-25(35)33(27(23)37)21-7-9-22(10-8-21)34-26(36)14-24(28(34)38)32-16-18-4-2-6-20(30)12-18/h1-12,23-24,31-32H,13-16,29-30H2. The van der Waals surface area contributed by atoms with Crippen molar-refractivity contribution in [2.75, 3.05) is 21.3 Å². The molecule has 38 heavy (non-hydrogen) atoms. The molecule has 0 spiro atoms. The third-order valence-corrected chi connectivity index (χ3v) is 6.67. The van der Waals surface area contributed by atoms with Crippen LogP contribution in [0.15, 0.2) is 72.8 Å². The Hall–Kier alpha value is -4.54. The minimum absolute atomic E-state index is 0.0341. The van der Waals surface area contributed by atoms with Crippen LogP contribution in [0.3, 0.4) is 0 Å². The third-order valence-electron chi connectivity index (χ3n) is 6.67. The first kappa shape index (κ1) is 25.1. The molecular formula is C28H28N6O4. The molecule has 10 nitrogen and oxygen atoms in total. The number of amides is 4. The Balaban J connectivity index is 1.22. The Bertz CT molecular complexity index is 1300. The fourth-order valence-electron chi connectivity index (χ4n) is 4.76. The molecule has 5 rings (SSSR count). The van der Waals surface area contributed by atoms with E-state index in [9.17, 15) is 19.2 Å². The monoisotopic (exact) mass is 512 g/mol. The van der Waals surface area contributed by atoms with Crippen LogP contribution in [0.1, 0.15) is 24.0 Å². The summed E-state index contributed by atoms with van der Waals surface area (Å²) in [5.41, 5.74) is 15.4. The number of hydrogen-bond donors (Lipinski definition) is 4. The lowest BCUT2D eigenvalue weighted by Crippen LogP contribution is -2.39. The van der Waals surface area contributed by atoms with Crippen molar-refractivity contribution < 1.29 is 19.2 Å². The normalized spacial score (nSPS) is 19.6. The second kappa shape index (κ2) is 10.4.